The van der Waals surface area contributed by atoms with E-state index < -0.39 is 438 Å². The number of hydrogen-bond acceptors (Lipinski definition) is 56. The first kappa shape index (κ1) is 115. The quantitative estimate of drug-likeness (QED) is 0.0257. The summed E-state index contributed by atoms with van der Waals surface area (Å²) in [6, 6.07) is -3.76. The second kappa shape index (κ2) is 48.4. The van der Waals surface area contributed by atoms with Crippen molar-refractivity contribution in [1.29, 1.82) is 0 Å². The first-order valence-electron chi connectivity index (χ1n) is 44.6. The van der Waals surface area contributed by atoms with Gasteiger partial charge in [0.2, 0.25) is 17.5 Å². The van der Waals surface area contributed by atoms with Gasteiger partial charge in [-0.15, -0.1) is 0 Å². The molecule has 11 aliphatic heterocycles. The van der Waals surface area contributed by atoms with Gasteiger partial charge in [0.05, 0.1) is 127 Å². The number of amides is 3. The molecule has 0 aliphatic carbocycles. The first-order chi connectivity index (χ1) is 65.1. The van der Waals surface area contributed by atoms with Crippen LogP contribution in [0.5, 0.6) is 0 Å². The predicted octanol–water partition coefficient (Wildman–Crippen LogP) is -21.8. The molecule has 0 radical (unpaired) electrons. The summed E-state index contributed by atoms with van der Waals surface area (Å²) in [4.78, 5) is 39.4. The van der Waals surface area contributed by atoms with E-state index in [0.717, 1.165) is 14.1 Å². The highest BCUT2D eigenvalue weighted by molar-refractivity contribution is 9.09. The second-order valence-corrected chi connectivity index (χ2v) is 36.6. The smallest absolute Gasteiger partial charge is 0.280 e. The summed E-state index contributed by atoms with van der Waals surface area (Å²) in [6.45, 7) is -6.90. The molecular formula is C78H134BrN5O54. The van der Waals surface area contributed by atoms with Crippen LogP contribution in [0, 0.1) is 23.7 Å². The van der Waals surface area contributed by atoms with Crippen LogP contribution < -0.4 is 27.4 Å². The van der Waals surface area contributed by atoms with Gasteiger partial charge in [-0.2, -0.15) is 0 Å². The van der Waals surface area contributed by atoms with E-state index in [-0.39, 0.29) is 5.33 Å². The van der Waals surface area contributed by atoms with Crippen molar-refractivity contribution in [3.63, 3.8) is 0 Å². The number of carbonyl (C=O) groups excluding carboxylic acids is 3. The summed E-state index contributed by atoms with van der Waals surface area (Å²) in [5.74, 6) is -20.1. The number of nitrogens with one attached hydrogen (secondary N) is 3. The maximum atomic E-state index is 13.5. The van der Waals surface area contributed by atoms with Crippen molar-refractivity contribution in [3.8, 4) is 0 Å². The Kier molecular flexibility index (Phi) is 40.3. The van der Waals surface area contributed by atoms with Crippen LogP contribution in [-0.2, 0) is 114 Å². The molecule has 11 aliphatic rings. The van der Waals surface area contributed by atoms with Crippen molar-refractivity contribution < 1.29 is 267 Å². The summed E-state index contributed by atoms with van der Waals surface area (Å²) >= 11 is 3.03. The maximum Gasteiger partial charge on any atom is 0.280 e. The lowest BCUT2D eigenvalue weighted by molar-refractivity contribution is -0.407. The number of alkyl halides is 1. The van der Waals surface area contributed by atoms with Crippen LogP contribution in [0.15, 0.2) is 0 Å². The van der Waals surface area contributed by atoms with Crippen LogP contribution in [-0.4, -0.2) is 575 Å². The molecule has 11 heterocycles. The average Bonchev–Trinajstić information content (AvgIpc) is 0.743. The standard InChI is InChI=1S/C78H134BrN5O54/c1-21-39(98)55(29(12-87)121-64(21)84-38(97)9-79)130-65-22(2)40(99)58(32(15-90)124-65)133-70-54(113)59(134-72-61(51(110)44(103)28(11-86)123-72)136-67-24(4)42(101)57(31(14-89)126-67)132-69-53(112)49(108)46(105)35(129-69)20-120-76(74(115)83-6)8-26(94)63(81)78(117,138-76)37(96)17-92)47(106)33(127-70)18-118-71-60(50(109)43(102)27(10-85)122-71)135-66-23(3)41(100)56(30(13-88)125-66)131-68-52(111)48(107)45(104)34(128-68)19-119-75(73(114)82-5)7-25(93)62(80)77(116,137-75)36(95)16-91/h21-37,39-72,85-96,98-113,116-117H,7-20,80-81H2,1-6H3,(H,82,114)(H,83,115)(H,84,97)/t21-,22-,23?,24-,25+,26+,27?,28?,29?,30-,31?,32?,33?,34?,35?,36?,37?,39?,40?,41?,42?,43+,44+,45-,46-,47+,48?,49?,50?,51?,52-,53-,54+,55+,56+,57+,58+,59?,60+,61?,62+,63+,64+,65-,66-,67-,68-,69-,70-,71-,72+,75+,76+,77+,78+/m0/s1. The normalized spacial score (nSPS) is 50.3. The van der Waals surface area contributed by atoms with E-state index in [1.54, 1.807) is 0 Å². The fourth-order valence-corrected chi connectivity index (χ4v) is 18.4. The molecule has 59 nitrogen and oxygen atoms in total. The number of ether oxygens (including phenoxy) is 21. The highest BCUT2D eigenvalue weighted by Crippen LogP contribution is 2.46. The van der Waals surface area contributed by atoms with Gasteiger partial charge in [0.1, 0.15) is 189 Å². The van der Waals surface area contributed by atoms with Gasteiger partial charge in [-0.1, -0.05) is 43.6 Å². The number of nitrogens with two attached hydrogens (primary N) is 2. The molecule has 0 aromatic heterocycles. The largest absolute Gasteiger partial charge is 0.394 e. The van der Waals surface area contributed by atoms with E-state index in [1.807, 2.05) is 0 Å². The number of halogens is 1. The highest BCUT2D eigenvalue weighted by atomic mass is 79.9. The molecule has 11 saturated heterocycles. The number of carbonyl (C=O) groups is 3. The van der Waals surface area contributed by atoms with Gasteiger partial charge < -0.3 is 280 Å². The average molecular weight is 2090 g/mol. The zero-order chi connectivity index (χ0) is 102. The lowest BCUT2D eigenvalue weighted by atomic mass is 9.87. The molecule has 0 bridgehead atoms. The van der Waals surface area contributed by atoms with Gasteiger partial charge in [-0.05, 0) is 0 Å². The minimum absolute atomic E-state index is 0.169. The summed E-state index contributed by atoms with van der Waals surface area (Å²) in [5.41, 5.74) is 11.8. The van der Waals surface area contributed by atoms with Crippen LogP contribution in [0.2, 0.25) is 0 Å². The first-order valence-corrected chi connectivity index (χ1v) is 45.7. The fraction of sp³-hybridized carbons (Fsp3) is 0.962. The van der Waals surface area contributed by atoms with Crippen molar-refractivity contribution >= 4 is 33.7 Å². The summed E-state index contributed by atoms with van der Waals surface area (Å²) in [7, 11) is 2.14. The zero-order valence-electron chi connectivity index (χ0n) is 75.1. The van der Waals surface area contributed by atoms with E-state index in [9.17, 15) is 168 Å². The number of likely N-dealkylation sites (N-methyl/N-ethyl adjacent to an activating group) is 2. The lowest BCUT2D eigenvalue weighted by Crippen LogP contribution is -2.74. The van der Waals surface area contributed by atoms with Gasteiger partial charge in [0, 0.05) is 50.6 Å². The van der Waals surface area contributed by atoms with Crippen LogP contribution in [0.4, 0.5) is 0 Å². The molecule has 0 aromatic carbocycles. The zero-order valence-corrected chi connectivity index (χ0v) is 76.7. The molecule has 11 fully saturated rings. The molecule has 0 spiro atoms. The van der Waals surface area contributed by atoms with Gasteiger partial charge in [0.15, 0.2) is 50.3 Å². The van der Waals surface area contributed by atoms with Crippen LogP contribution in [0.25, 0.3) is 0 Å². The maximum absolute atomic E-state index is 13.5. The Labute approximate surface area is 793 Å². The van der Waals surface area contributed by atoms with E-state index in [1.165, 1.54) is 27.7 Å². The molecule has 11 rings (SSSR count). The van der Waals surface area contributed by atoms with Gasteiger partial charge in [-0.3, -0.25) is 14.4 Å². The Morgan fingerprint density at radius 2 is 0.645 bits per heavy atom. The second-order valence-electron chi connectivity index (χ2n) is 36.0. The van der Waals surface area contributed by atoms with Crippen LogP contribution in [0.1, 0.15) is 40.5 Å². The third-order valence-electron chi connectivity index (χ3n) is 27.0. The monoisotopic (exact) mass is 2080 g/mol. The van der Waals surface area contributed by atoms with Crippen molar-refractivity contribution in [2.75, 3.05) is 92.1 Å². The Hall–Kier alpha value is -3.23. The Balaban J connectivity index is 0.841. The molecule has 138 heavy (non-hydrogen) atoms. The summed E-state index contributed by atoms with van der Waals surface area (Å²) < 4.78 is 126. The van der Waals surface area contributed by atoms with Crippen molar-refractivity contribution in [1.82, 2.24) is 16.0 Å². The highest BCUT2D eigenvalue weighted by Gasteiger charge is 2.66. The van der Waals surface area contributed by atoms with E-state index in [4.69, 9.17) is 111 Å². The third kappa shape index (κ3) is 23.4. The summed E-state index contributed by atoms with van der Waals surface area (Å²) in [6.07, 6.45) is -92.7. The molecule has 3 amide bonds. The topological polar surface area (TPSA) is 940 Å². The van der Waals surface area contributed by atoms with Crippen molar-refractivity contribution in [3.05, 3.63) is 0 Å². The minimum Gasteiger partial charge on any atom is -0.394 e. The summed E-state index contributed by atoms with van der Waals surface area (Å²) in [5, 5.41) is 345. The van der Waals surface area contributed by atoms with Crippen molar-refractivity contribution in [2.45, 2.75) is 352 Å². The number of hydrogen-bond donors (Lipinski definition) is 35. The minimum atomic E-state index is -3.09. The van der Waals surface area contributed by atoms with E-state index in [0.29, 0.717) is 0 Å². The molecule has 37 N–H and O–H groups in total. The van der Waals surface area contributed by atoms with Gasteiger partial charge >= 0.3 is 0 Å². The lowest BCUT2D eigenvalue weighted by Gasteiger charge is -2.51. The number of rotatable bonds is 37. The Bertz CT molecular complexity index is 3810. The van der Waals surface area contributed by atoms with Crippen LogP contribution in [0.3, 0.4) is 0 Å². The molecule has 21 unspecified atom stereocenters. The third-order valence-corrected chi connectivity index (χ3v) is 27.5. The fourth-order valence-electron chi connectivity index (χ4n) is 18.3. The number of aliphatic hydroxyl groups is 30. The van der Waals surface area contributed by atoms with E-state index >= 15 is 0 Å². The molecule has 0 aromatic rings. The molecular weight excluding hydrogens is 1950 g/mol. The molecule has 60 heteroatoms. The molecule has 0 saturated carbocycles. The Morgan fingerprint density at radius 3 is 1.00 bits per heavy atom. The van der Waals surface area contributed by atoms with Gasteiger partial charge in [0.25, 0.3) is 23.4 Å². The SMILES string of the molecule is CNC(=O)[C@@]1(OCC2O[C@@H](O[C@@H]3C(CO)O[C@@H](OC4C(O)[C@H](O)C(CO)O[C@@H]4OC4[C@H](O)C(CO[C@H]5OC(CO)[C@@H](O)C(O)[C@H]5O[C@@H]5O[C@@H](CO)[C@@H](O[C@@H]6OC(CO[C@]7(C(=O)NC)C[C@@H](O)[C@@H](N)[C@@](O)(C(O)CO)O7)[C@H](O)C(O)[C@@H]6O)C(O)C5C)O[C@@H](O[C@@H]5C(CO)O[C@@H](O[C@@H]6C(CO)O[C@@H](NC(=O)CBr)[C@@H](C)C6O)[C@@H](C)C5O)[C@@H]4O)[C@@H](C)C3O)[C@@H](O)C(O)[C@H]2O)C[C@@H](O)[C@@H](N)[C@@](O)(C(O)CO)O1. The van der Waals surface area contributed by atoms with E-state index in [2.05, 4.69) is 31.9 Å². The molecule has 55 atom stereocenters. The van der Waals surface area contributed by atoms with Gasteiger partial charge in [-0.25, -0.2) is 0 Å². The Morgan fingerprint density at radius 1 is 0.348 bits per heavy atom. The van der Waals surface area contributed by atoms with Crippen molar-refractivity contribution in [2.24, 2.45) is 35.1 Å². The number of aliphatic hydroxyl groups excluding tert-OH is 28. The van der Waals surface area contributed by atoms with Crippen LogP contribution >= 0.6 is 15.9 Å². The molecule has 802 valence electrons. The predicted molar refractivity (Wildman–Crippen MR) is 436 cm³/mol.